The number of hydrogen-bond donors (Lipinski definition) is 2. The van der Waals surface area contributed by atoms with Gasteiger partial charge in [-0.1, -0.05) is 12.1 Å². The summed E-state index contributed by atoms with van der Waals surface area (Å²) < 4.78 is 10.8. The van der Waals surface area contributed by atoms with Crippen LogP contribution < -0.4 is 20.1 Å². The highest BCUT2D eigenvalue weighted by molar-refractivity contribution is 5.71. The second kappa shape index (κ2) is 8.18. The maximum Gasteiger partial charge on any atom is 0.338 e. The summed E-state index contributed by atoms with van der Waals surface area (Å²) in [7, 11) is 3.24. The number of fused-ring (bicyclic) bond motifs is 1. The Bertz CT molecular complexity index is 825. The molecular weight excluding hydrogens is 346 g/mol. The Morgan fingerprint density at radius 2 is 2.07 bits per heavy atom. The van der Waals surface area contributed by atoms with Gasteiger partial charge in [0.15, 0.2) is 0 Å². The van der Waals surface area contributed by atoms with Crippen molar-refractivity contribution in [1.82, 2.24) is 5.06 Å². The van der Waals surface area contributed by atoms with Crippen LogP contribution in [-0.4, -0.2) is 37.1 Å². The van der Waals surface area contributed by atoms with Crippen LogP contribution in [0.15, 0.2) is 36.4 Å². The number of aryl methyl sites for hydroxylation is 1. The third-order valence-electron chi connectivity index (χ3n) is 4.78. The van der Waals surface area contributed by atoms with E-state index in [9.17, 15) is 10.0 Å². The molecule has 1 heterocycles. The number of nitrogens with zero attached hydrogens (tertiary/aromatic N) is 2. The van der Waals surface area contributed by atoms with Crippen molar-refractivity contribution in [3.8, 4) is 11.5 Å². The average Bonchev–Trinajstić information content (AvgIpc) is 2.67. The van der Waals surface area contributed by atoms with Crippen molar-refractivity contribution < 1.29 is 19.5 Å². The van der Waals surface area contributed by atoms with Gasteiger partial charge in [-0.3, -0.25) is 5.21 Å². The number of carbonyl (C=O) groups excluding carboxylic acids is 1. The van der Waals surface area contributed by atoms with E-state index in [-0.39, 0.29) is 6.54 Å². The summed E-state index contributed by atoms with van der Waals surface area (Å²) in [5.41, 5.74) is 9.28. The summed E-state index contributed by atoms with van der Waals surface area (Å²) in [6, 6.07) is 11.1. The second-order valence-corrected chi connectivity index (χ2v) is 6.57. The molecule has 1 aliphatic rings. The number of methoxy groups -OCH3 is 2. The van der Waals surface area contributed by atoms with Crippen LogP contribution in [0.1, 0.15) is 23.1 Å². The first kappa shape index (κ1) is 18.8. The number of rotatable bonds is 6. The van der Waals surface area contributed by atoms with Gasteiger partial charge in [-0.25, -0.2) is 9.86 Å². The molecule has 0 spiro atoms. The Labute approximate surface area is 158 Å². The smallest absolute Gasteiger partial charge is 0.338 e. The van der Waals surface area contributed by atoms with E-state index >= 15 is 0 Å². The van der Waals surface area contributed by atoms with E-state index < -0.39 is 6.03 Å². The van der Waals surface area contributed by atoms with E-state index in [1.54, 1.807) is 14.2 Å². The zero-order chi connectivity index (χ0) is 19.4. The molecule has 1 aliphatic heterocycles. The maximum atomic E-state index is 11.1. The predicted octanol–water partition coefficient (Wildman–Crippen LogP) is 2.93. The van der Waals surface area contributed by atoms with Crippen molar-refractivity contribution >= 4 is 11.7 Å². The van der Waals surface area contributed by atoms with Gasteiger partial charge in [-0.05, 0) is 42.2 Å². The molecule has 27 heavy (non-hydrogen) atoms. The Morgan fingerprint density at radius 1 is 1.26 bits per heavy atom. The van der Waals surface area contributed by atoms with Crippen LogP contribution in [0.2, 0.25) is 0 Å². The van der Waals surface area contributed by atoms with E-state index in [2.05, 4.69) is 11.0 Å². The number of ether oxygens (including phenoxy) is 2. The molecule has 2 aromatic carbocycles. The summed E-state index contributed by atoms with van der Waals surface area (Å²) in [5.74, 6) is 1.46. The quantitative estimate of drug-likeness (QED) is 0.602. The van der Waals surface area contributed by atoms with Crippen molar-refractivity contribution in [2.45, 2.75) is 25.9 Å². The van der Waals surface area contributed by atoms with Crippen LogP contribution in [-0.2, 0) is 19.5 Å². The van der Waals surface area contributed by atoms with E-state index in [1.165, 1.54) is 5.56 Å². The highest BCUT2D eigenvalue weighted by Crippen LogP contribution is 2.35. The van der Waals surface area contributed by atoms with Gasteiger partial charge in [0.2, 0.25) is 0 Å². The fraction of sp³-hybridized carbons (Fsp3) is 0.350. The Hall–Kier alpha value is -2.93. The Kier molecular flexibility index (Phi) is 5.71. The molecular formula is C20H25N3O4. The molecule has 0 aromatic heterocycles. The summed E-state index contributed by atoms with van der Waals surface area (Å²) in [6.45, 7) is 1.70. The van der Waals surface area contributed by atoms with E-state index in [4.69, 9.17) is 15.2 Å². The number of hydroxylamine groups is 2. The molecule has 2 aromatic rings. The summed E-state index contributed by atoms with van der Waals surface area (Å²) in [4.78, 5) is 13.4. The van der Waals surface area contributed by atoms with Gasteiger partial charge in [0.05, 0.1) is 20.8 Å². The minimum absolute atomic E-state index is 0.0122. The fourth-order valence-electron chi connectivity index (χ4n) is 3.45. The van der Waals surface area contributed by atoms with Gasteiger partial charge in [0, 0.05) is 30.4 Å². The van der Waals surface area contributed by atoms with Crippen LogP contribution in [0, 0.1) is 0 Å². The first-order valence-corrected chi connectivity index (χ1v) is 8.85. The molecule has 0 radical (unpaired) electrons. The number of hydrogen-bond acceptors (Lipinski definition) is 5. The molecule has 7 nitrogen and oxygen atoms in total. The molecule has 2 amide bonds. The molecule has 0 unspecified atom stereocenters. The van der Waals surface area contributed by atoms with Gasteiger partial charge in [0.25, 0.3) is 0 Å². The van der Waals surface area contributed by atoms with Crippen molar-refractivity contribution in [1.29, 1.82) is 0 Å². The van der Waals surface area contributed by atoms with Crippen LogP contribution in [0.3, 0.4) is 0 Å². The van der Waals surface area contributed by atoms with Gasteiger partial charge >= 0.3 is 6.03 Å². The van der Waals surface area contributed by atoms with Crippen LogP contribution in [0.25, 0.3) is 0 Å². The summed E-state index contributed by atoms with van der Waals surface area (Å²) in [6.07, 6.45) is 1.96. The molecule has 3 rings (SSSR count). The number of benzene rings is 2. The minimum atomic E-state index is -0.894. The normalized spacial score (nSPS) is 13.1. The molecule has 7 heteroatoms. The van der Waals surface area contributed by atoms with Crippen LogP contribution >= 0.6 is 0 Å². The number of anilines is 1. The fourth-order valence-corrected chi connectivity index (χ4v) is 3.45. The van der Waals surface area contributed by atoms with Gasteiger partial charge < -0.3 is 20.1 Å². The first-order valence-electron chi connectivity index (χ1n) is 8.85. The highest BCUT2D eigenvalue weighted by atomic mass is 16.5. The van der Waals surface area contributed by atoms with Crippen LogP contribution in [0.4, 0.5) is 10.5 Å². The van der Waals surface area contributed by atoms with Gasteiger partial charge in [-0.2, -0.15) is 0 Å². The van der Waals surface area contributed by atoms with Crippen molar-refractivity contribution in [3.63, 3.8) is 0 Å². The van der Waals surface area contributed by atoms with Crippen molar-refractivity contribution in [2.24, 2.45) is 5.73 Å². The SMILES string of the molecule is COc1cccc(CN2CCCc3cc(CN(O)C(N)=O)c(OC)cc32)c1. The lowest BCUT2D eigenvalue weighted by Gasteiger charge is -2.32. The monoisotopic (exact) mass is 371 g/mol. The molecule has 144 valence electrons. The average molecular weight is 371 g/mol. The van der Waals surface area contributed by atoms with Crippen molar-refractivity contribution in [2.75, 3.05) is 25.7 Å². The number of nitrogens with two attached hydrogens (primary N) is 1. The maximum absolute atomic E-state index is 11.1. The molecule has 0 aliphatic carbocycles. The lowest BCUT2D eigenvalue weighted by Crippen LogP contribution is -2.32. The summed E-state index contributed by atoms with van der Waals surface area (Å²) in [5, 5.41) is 10.2. The molecule has 3 N–H and O–H groups in total. The first-order chi connectivity index (χ1) is 13.0. The summed E-state index contributed by atoms with van der Waals surface area (Å²) >= 11 is 0. The lowest BCUT2D eigenvalue weighted by atomic mass is 9.97. The number of carbonyl (C=O) groups is 1. The third-order valence-corrected chi connectivity index (χ3v) is 4.78. The van der Waals surface area contributed by atoms with Gasteiger partial charge in [-0.15, -0.1) is 0 Å². The van der Waals surface area contributed by atoms with Crippen molar-refractivity contribution in [3.05, 3.63) is 53.1 Å². The van der Waals surface area contributed by atoms with E-state index in [1.807, 2.05) is 30.3 Å². The largest absolute Gasteiger partial charge is 0.497 e. The number of urea groups is 1. The highest BCUT2D eigenvalue weighted by Gasteiger charge is 2.21. The molecule has 0 fully saturated rings. The zero-order valence-electron chi connectivity index (χ0n) is 15.6. The standard InChI is InChI=1S/C20H25N3O4/c1-26-17-7-3-5-14(9-17)12-22-8-4-6-15-10-16(13-23(25)20(21)24)19(27-2)11-18(15)22/h3,5,7,9-11,25H,4,6,8,12-13H2,1-2H3,(H2,21,24). The minimum Gasteiger partial charge on any atom is -0.497 e. The van der Waals surface area contributed by atoms with Gasteiger partial charge in [0.1, 0.15) is 11.5 Å². The predicted molar refractivity (Wildman–Crippen MR) is 102 cm³/mol. The molecule has 0 bridgehead atoms. The third kappa shape index (κ3) is 4.25. The molecule has 0 saturated carbocycles. The number of primary amides is 1. The topological polar surface area (TPSA) is 88.3 Å². The lowest BCUT2D eigenvalue weighted by molar-refractivity contribution is -0.0474. The molecule has 0 saturated heterocycles. The second-order valence-electron chi connectivity index (χ2n) is 6.57. The Morgan fingerprint density at radius 3 is 2.78 bits per heavy atom. The van der Waals surface area contributed by atoms with E-state index in [0.29, 0.717) is 10.8 Å². The Balaban J connectivity index is 1.89. The number of amides is 2. The van der Waals surface area contributed by atoms with E-state index in [0.717, 1.165) is 48.5 Å². The van der Waals surface area contributed by atoms with Crippen LogP contribution in [0.5, 0.6) is 11.5 Å². The zero-order valence-corrected chi connectivity index (χ0v) is 15.6. The molecule has 0 atom stereocenters.